The van der Waals surface area contributed by atoms with Crippen LogP contribution in [0.2, 0.25) is 5.02 Å². The number of rotatable bonds is 5. The molecule has 0 aliphatic heterocycles. The highest BCUT2D eigenvalue weighted by molar-refractivity contribution is 6.30. The quantitative estimate of drug-likeness (QED) is 0.913. The van der Waals surface area contributed by atoms with Crippen LogP contribution in [0.25, 0.3) is 0 Å². The van der Waals surface area contributed by atoms with Gasteiger partial charge in [-0.15, -0.1) is 0 Å². The fourth-order valence-corrected chi connectivity index (χ4v) is 2.51. The van der Waals surface area contributed by atoms with Gasteiger partial charge in [-0.05, 0) is 49.9 Å². The van der Waals surface area contributed by atoms with Crippen LogP contribution in [0.4, 0.5) is 0 Å². The second-order valence-electron chi connectivity index (χ2n) is 5.50. The van der Waals surface area contributed by atoms with E-state index in [1.165, 1.54) is 12.8 Å². The minimum Gasteiger partial charge on any atom is -0.424 e. The van der Waals surface area contributed by atoms with Gasteiger partial charge >= 0.3 is 6.01 Å². The van der Waals surface area contributed by atoms with Crippen LogP contribution < -0.4 is 10.1 Å². The zero-order valence-corrected chi connectivity index (χ0v) is 12.9. The summed E-state index contributed by atoms with van der Waals surface area (Å²) in [6.45, 7) is 4.73. The Balaban J connectivity index is 1.69. The van der Waals surface area contributed by atoms with E-state index < -0.39 is 0 Å². The van der Waals surface area contributed by atoms with Crippen molar-refractivity contribution in [2.75, 3.05) is 0 Å². The molecular weight excluding hydrogens is 286 g/mol. The van der Waals surface area contributed by atoms with E-state index in [-0.39, 0.29) is 0 Å². The first-order valence-electron chi connectivity index (χ1n) is 7.11. The molecule has 4 nitrogen and oxygen atoms in total. The zero-order valence-electron chi connectivity index (χ0n) is 12.2. The van der Waals surface area contributed by atoms with E-state index in [4.69, 9.17) is 16.3 Å². The molecule has 0 spiro atoms. The lowest BCUT2D eigenvalue weighted by Crippen LogP contribution is -2.15. The van der Waals surface area contributed by atoms with Gasteiger partial charge in [-0.2, -0.15) is 0 Å². The Morgan fingerprint density at radius 2 is 1.81 bits per heavy atom. The van der Waals surface area contributed by atoms with Gasteiger partial charge in [0.05, 0.1) is 0 Å². The third kappa shape index (κ3) is 3.71. The molecule has 0 radical (unpaired) electrons. The number of ether oxygens (including phenoxy) is 1. The lowest BCUT2D eigenvalue weighted by Gasteiger charge is -2.11. The molecule has 1 aromatic heterocycles. The van der Waals surface area contributed by atoms with Crippen molar-refractivity contribution < 1.29 is 4.74 Å². The van der Waals surface area contributed by atoms with Gasteiger partial charge in [0, 0.05) is 35.6 Å². The number of halogens is 1. The fourth-order valence-electron chi connectivity index (χ4n) is 2.19. The van der Waals surface area contributed by atoms with Crippen LogP contribution in [-0.4, -0.2) is 16.0 Å². The average molecular weight is 304 g/mol. The number of hydrogen-bond donors (Lipinski definition) is 1. The van der Waals surface area contributed by atoms with E-state index in [2.05, 4.69) is 15.3 Å². The second-order valence-corrected chi connectivity index (χ2v) is 5.94. The number of aryl methyl sites for hydroxylation is 2. The highest BCUT2D eigenvalue weighted by atomic mass is 35.5. The van der Waals surface area contributed by atoms with Gasteiger partial charge in [0.2, 0.25) is 0 Å². The molecule has 1 aromatic carbocycles. The van der Waals surface area contributed by atoms with Crippen molar-refractivity contribution in [1.82, 2.24) is 15.3 Å². The predicted octanol–water partition coefficient (Wildman–Crippen LogP) is 3.79. The van der Waals surface area contributed by atoms with Gasteiger partial charge in [-0.25, -0.2) is 9.97 Å². The van der Waals surface area contributed by atoms with Gasteiger partial charge in [-0.1, -0.05) is 11.6 Å². The van der Waals surface area contributed by atoms with Gasteiger partial charge < -0.3 is 10.1 Å². The third-order valence-corrected chi connectivity index (χ3v) is 3.69. The number of aromatic nitrogens is 2. The highest BCUT2D eigenvalue weighted by Gasteiger charge is 2.20. The number of hydrogen-bond acceptors (Lipinski definition) is 4. The van der Waals surface area contributed by atoms with Gasteiger partial charge in [0.1, 0.15) is 5.75 Å². The Kier molecular flexibility index (Phi) is 4.08. The fraction of sp³-hybridized carbons (Fsp3) is 0.375. The predicted molar refractivity (Wildman–Crippen MR) is 82.9 cm³/mol. The first-order chi connectivity index (χ1) is 10.1. The lowest BCUT2D eigenvalue weighted by molar-refractivity contribution is 0.434. The van der Waals surface area contributed by atoms with E-state index in [0.717, 1.165) is 29.0 Å². The summed E-state index contributed by atoms with van der Waals surface area (Å²) in [5, 5.41) is 4.14. The zero-order chi connectivity index (χ0) is 14.8. The molecule has 0 unspecified atom stereocenters. The van der Waals surface area contributed by atoms with E-state index in [0.29, 0.717) is 17.1 Å². The number of benzene rings is 1. The first kappa shape index (κ1) is 14.3. The van der Waals surface area contributed by atoms with E-state index in [1.807, 2.05) is 26.0 Å². The minimum atomic E-state index is 0.360. The SMILES string of the molecule is Cc1cc(Cl)cc(C)c1Oc1ncc(CNC2CC2)cn1. The Morgan fingerprint density at radius 3 is 2.38 bits per heavy atom. The number of nitrogens with one attached hydrogen (secondary N) is 1. The molecule has 1 fully saturated rings. The molecule has 2 aromatic rings. The molecule has 5 heteroatoms. The maximum atomic E-state index is 6.02. The lowest BCUT2D eigenvalue weighted by atomic mass is 10.1. The van der Waals surface area contributed by atoms with Crippen LogP contribution in [0.5, 0.6) is 11.8 Å². The van der Waals surface area contributed by atoms with Crippen molar-refractivity contribution in [2.24, 2.45) is 0 Å². The maximum absolute atomic E-state index is 6.02. The van der Waals surface area contributed by atoms with Gasteiger partial charge in [0.25, 0.3) is 0 Å². The smallest absolute Gasteiger partial charge is 0.321 e. The summed E-state index contributed by atoms with van der Waals surface area (Å²) in [7, 11) is 0. The standard InChI is InChI=1S/C16H18ClN3O/c1-10-5-13(17)6-11(2)15(10)21-16-19-8-12(9-20-16)7-18-14-3-4-14/h5-6,8-9,14,18H,3-4,7H2,1-2H3. The molecule has 0 amide bonds. The molecule has 1 aliphatic rings. The van der Waals surface area contributed by atoms with Gasteiger partial charge in [-0.3, -0.25) is 0 Å². The van der Waals surface area contributed by atoms with Crippen molar-refractivity contribution in [2.45, 2.75) is 39.3 Å². The monoisotopic (exact) mass is 303 g/mol. The molecule has 1 N–H and O–H groups in total. The molecule has 21 heavy (non-hydrogen) atoms. The summed E-state index contributed by atoms with van der Waals surface area (Å²) in [6, 6.07) is 4.79. The van der Waals surface area contributed by atoms with Crippen LogP contribution in [0.3, 0.4) is 0 Å². The molecule has 110 valence electrons. The summed E-state index contributed by atoms with van der Waals surface area (Å²) in [5.74, 6) is 0.767. The third-order valence-electron chi connectivity index (χ3n) is 3.47. The van der Waals surface area contributed by atoms with Crippen LogP contribution in [0.1, 0.15) is 29.5 Å². The van der Waals surface area contributed by atoms with Gasteiger partial charge in [0.15, 0.2) is 0 Å². The summed E-state index contributed by atoms with van der Waals surface area (Å²) in [4.78, 5) is 8.54. The second kappa shape index (κ2) is 6.00. The number of nitrogens with zero attached hydrogens (tertiary/aromatic N) is 2. The summed E-state index contributed by atoms with van der Waals surface area (Å²) < 4.78 is 5.79. The Labute approximate surface area is 129 Å². The molecule has 1 saturated carbocycles. The van der Waals surface area contributed by atoms with Crippen molar-refractivity contribution in [3.8, 4) is 11.8 Å². The molecule has 1 heterocycles. The average Bonchev–Trinajstić information content (AvgIpc) is 3.26. The van der Waals surface area contributed by atoms with Crippen LogP contribution >= 0.6 is 11.6 Å². The largest absolute Gasteiger partial charge is 0.424 e. The first-order valence-corrected chi connectivity index (χ1v) is 7.48. The van der Waals surface area contributed by atoms with Crippen LogP contribution in [0, 0.1) is 13.8 Å². The van der Waals surface area contributed by atoms with Crippen molar-refractivity contribution in [3.05, 3.63) is 46.2 Å². The minimum absolute atomic E-state index is 0.360. The normalized spacial score (nSPS) is 14.2. The van der Waals surface area contributed by atoms with Crippen LogP contribution in [-0.2, 0) is 6.54 Å². The molecule has 3 rings (SSSR count). The summed E-state index contributed by atoms with van der Waals surface area (Å²) >= 11 is 6.02. The molecule has 0 bridgehead atoms. The molecule has 0 saturated heterocycles. The van der Waals surface area contributed by atoms with Crippen molar-refractivity contribution in [1.29, 1.82) is 0 Å². The van der Waals surface area contributed by atoms with Crippen molar-refractivity contribution in [3.63, 3.8) is 0 Å². The van der Waals surface area contributed by atoms with E-state index >= 15 is 0 Å². The van der Waals surface area contributed by atoms with E-state index in [9.17, 15) is 0 Å². The maximum Gasteiger partial charge on any atom is 0.321 e. The Hall–Kier alpha value is -1.65. The van der Waals surface area contributed by atoms with Crippen molar-refractivity contribution >= 4 is 11.6 Å². The molecule has 0 atom stereocenters. The van der Waals surface area contributed by atoms with E-state index in [1.54, 1.807) is 12.4 Å². The molecule has 1 aliphatic carbocycles. The summed E-state index contributed by atoms with van der Waals surface area (Å²) in [6.07, 6.45) is 6.16. The Bertz CT molecular complexity index is 615. The molecular formula is C16H18ClN3O. The summed E-state index contributed by atoms with van der Waals surface area (Å²) in [5.41, 5.74) is 3.02. The Morgan fingerprint density at radius 1 is 1.19 bits per heavy atom. The topological polar surface area (TPSA) is 47.0 Å². The van der Waals surface area contributed by atoms with Crippen LogP contribution in [0.15, 0.2) is 24.5 Å². The highest BCUT2D eigenvalue weighted by Crippen LogP contribution is 2.29.